The van der Waals surface area contributed by atoms with Gasteiger partial charge >= 0.3 is 0 Å². The summed E-state index contributed by atoms with van der Waals surface area (Å²) in [6, 6.07) is 0. The first-order valence-corrected chi connectivity index (χ1v) is 5.48. The van der Waals surface area contributed by atoms with Gasteiger partial charge in [-0.05, 0) is 6.42 Å². The third kappa shape index (κ3) is 2.30. The number of aromatic nitrogens is 1. The van der Waals surface area contributed by atoms with Gasteiger partial charge in [0.2, 0.25) is 5.91 Å². The molecule has 0 spiro atoms. The largest absolute Gasteiger partial charge is 0.381 e. The van der Waals surface area contributed by atoms with Gasteiger partial charge in [0, 0.05) is 18.2 Å². The summed E-state index contributed by atoms with van der Waals surface area (Å²) in [6.45, 7) is 1.80. The van der Waals surface area contributed by atoms with Crippen LogP contribution >= 0.6 is 11.3 Å². The van der Waals surface area contributed by atoms with E-state index in [0.29, 0.717) is 19.8 Å². The summed E-state index contributed by atoms with van der Waals surface area (Å²) in [5.74, 6) is 0.118. The molecule has 1 fully saturated rings. The molecule has 1 aliphatic heterocycles. The summed E-state index contributed by atoms with van der Waals surface area (Å²) in [5, 5.41) is 5.70. The van der Waals surface area contributed by atoms with Crippen LogP contribution in [0.25, 0.3) is 0 Å². The monoisotopic (exact) mass is 212 g/mol. The molecule has 1 aliphatic rings. The number of nitrogens with one attached hydrogen (secondary N) is 1. The van der Waals surface area contributed by atoms with Crippen LogP contribution in [0, 0.1) is 5.92 Å². The SMILES string of the molecule is O=C(NCc1nccs1)C1CCOC1. The molecule has 2 rings (SSSR count). The van der Waals surface area contributed by atoms with Gasteiger partial charge in [0.25, 0.3) is 0 Å². The number of hydrogen-bond acceptors (Lipinski definition) is 4. The van der Waals surface area contributed by atoms with Crippen LogP contribution < -0.4 is 5.32 Å². The van der Waals surface area contributed by atoms with Crippen molar-refractivity contribution < 1.29 is 9.53 Å². The lowest BCUT2D eigenvalue weighted by Crippen LogP contribution is -2.30. The van der Waals surface area contributed by atoms with E-state index in [9.17, 15) is 4.79 Å². The van der Waals surface area contributed by atoms with Crippen LogP contribution in [0.3, 0.4) is 0 Å². The van der Waals surface area contributed by atoms with Gasteiger partial charge in [-0.25, -0.2) is 4.98 Å². The normalized spacial score (nSPS) is 21.0. The number of ether oxygens (including phenoxy) is 1. The van der Waals surface area contributed by atoms with E-state index in [1.54, 1.807) is 17.5 Å². The maximum atomic E-state index is 11.5. The van der Waals surface area contributed by atoms with Crippen molar-refractivity contribution >= 4 is 17.2 Å². The van der Waals surface area contributed by atoms with Crippen molar-refractivity contribution in [1.82, 2.24) is 10.3 Å². The Morgan fingerprint density at radius 3 is 3.36 bits per heavy atom. The van der Waals surface area contributed by atoms with E-state index in [1.165, 1.54) is 0 Å². The van der Waals surface area contributed by atoms with Crippen LogP contribution in [0.2, 0.25) is 0 Å². The third-order valence-electron chi connectivity index (χ3n) is 2.20. The smallest absolute Gasteiger partial charge is 0.225 e. The molecule has 5 heteroatoms. The van der Waals surface area contributed by atoms with Gasteiger partial charge in [0.1, 0.15) is 5.01 Å². The number of carbonyl (C=O) groups is 1. The number of hydrogen-bond donors (Lipinski definition) is 1. The van der Waals surface area contributed by atoms with Crippen molar-refractivity contribution in [3.05, 3.63) is 16.6 Å². The van der Waals surface area contributed by atoms with E-state index < -0.39 is 0 Å². The summed E-state index contributed by atoms with van der Waals surface area (Å²) in [5.41, 5.74) is 0. The highest BCUT2D eigenvalue weighted by Gasteiger charge is 2.22. The third-order valence-corrected chi connectivity index (χ3v) is 2.98. The van der Waals surface area contributed by atoms with Crippen molar-refractivity contribution in [3.8, 4) is 0 Å². The van der Waals surface area contributed by atoms with Crippen molar-refractivity contribution in [2.75, 3.05) is 13.2 Å². The van der Waals surface area contributed by atoms with Crippen molar-refractivity contribution in [2.24, 2.45) is 5.92 Å². The zero-order chi connectivity index (χ0) is 9.80. The lowest BCUT2D eigenvalue weighted by Gasteiger charge is -2.07. The number of thiazole rings is 1. The molecule has 1 aromatic heterocycles. The van der Waals surface area contributed by atoms with E-state index in [1.807, 2.05) is 5.38 Å². The van der Waals surface area contributed by atoms with Crippen LogP contribution in [-0.4, -0.2) is 24.1 Å². The Bertz CT molecular complexity index is 294. The fourth-order valence-corrected chi connectivity index (χ4v) is 1.94. The molecule has 1 aromatic rings. The molecule has 4 nitrogen and oxygen atoms in total. The Hall–Kier alpha value is -0.940. The van der Waals surface area contributed by atoms with Crippen LogP contribution in [0.5, 0.6) is 0 Å². The highest BCUT2D eigenvalue weighted by atomic mass is 32.1. The molecule has 1 N–H and O–H groups in total. The molecule has 0 bridgehead atoms. The van der Waals surface area contributed by atoms with Gasteiger partial charge in [0.05, 0.1) is 19.1 Å². The molecule has 0 radical (unpaired) electrons. The Balaban J connectivity index is 1.77. The molecule has 1 atom stereocenters. The van der Waals surface area contributed by atoms with Gasteiger partial charge < -0.3 is 10.1 Å². The Morgan fingerprint density at radius 1 is 1.79 bits per heavy atom. The van der Waals surface area contributed by atoms with E-state index in [4.69, 9.17) is 4.74 Å². The van der Waals surface area contributed by atoms with Gasteiger partial charge in [-0.3, -0.25) is 4.79 Å². The van der Waals surface area contributed by atoms with Crippen LogP contribution in [0.4, 0.5) is 0 Å². The second kappa shape index (κ2) is 4.52. The Kier molecular flexibility index (Phi) is 3.10. The summed E-state index contributed by atoms with van der Waals surface area (Å²) in [4.78, 5) is 15.6. The summed E-state index contributed by atoms with van der Waals surface area (Å²) in [7, 11) is 0. The van der Waals surface area contributed by atoms with Gasteiger partial charge in [-0.15, -0.1) is 11.3 Å². The first kappa shape index (κ1) is 9.61. The van der Waals surface area contributed by atoms with Crippen LogP contribution in [0.1, 0.15) is 11.4 Å². The van der Waals surface area contributed by atoms with Gasteiger partial charge in [0.15, 0.2) is 0 Å². The molecule has 14 heavy (non-hydrogen) atoms. The fourth-order valence-electron chi connectivity index (χ4n) is 1.39. The molecule has 2 heterocycles. The number of carbonyl (C=O) groups excluding carboxylic acids is 1. The zero-order valence-electron chi connectivity index (χ0n) is 7.73. The maximum Gasteiger partial charge on any atom is 0.225 e. The second-order valence-electron chi connectivity index (χ2n) is 3.20. The first-order valence-electron chi connectivity index (χ1n) is 4.60. The summed E-state index contributed by atoms with van der Waals surface area (Å²) in [6.07, 6.45) is 2.58. The molecular formula is C9H12N2O2S. The topological polar surface area (TPSA) is 51.2 Å². The second-order valence-corrected chi connectivity index (χ2v) is 4.18. The minimum atomic E-state index is 0.0370. The molecule has 76 valence electrons. The van der Waals surface area contributed by atoms with Crippen molar-refractivity contribution in [3.63, 3.8) is 0 Å². The first-order chi connectivity index (χ1) is 6.86. The molecule has 1 unspecified atom stereocenters. The zero-order valence-corrected chi connectivity index (χ0v) is 8.55. The van der Waals surface area contributed by atoms with Crippen molar-refractivity contribution in [2.45, 2.75) is 13.0 Å². The van der Waals surface area contributed by atoms with E-state index in [0.717, 1.165) is 11.4 Å². The number of rotatable bonds is 3. The van der Waals surface area contributed by atoms with Gasteiger partial charge in [-0.2, -0.15) is 0 Å². The summed E-state index contributed by atoms with van der Waals surface area (Å²) < 4.78 is 5.14. The highest BCUT2D eigenvalue weighted by molar-refractivity contribution is 7.09. The van der Waals surface area contributed by atoms with E-state index in [2.05, 4.69) is 10.3 Å². The molecule has 0 saturated carbocycles. The lowest BCUT2D eigenvalue weighted by molar-refractivity contribution is -0.125. The van der Waals surface area contributed by atoms with E-state index >= 15 is 0 Å². The molecule has 1 saturated heterocycles. The Labute approximate surface area is 86.3 Å². The molecule has 1 amide bonds. The molecule has 0 aliphatic carbocycles. The standard InChI is InChI=1S/C9H12N2O2S/c12-9(7-1-3-13-6-7)11-5-8-10-2-4-14-8/h2,4,7H,1,3,5-6H2,(H,11,12). The fraction of sp³-hybridized carbons (Fsp3) is 0.556. The Morgan fingerprint density at radius 2 is 2.71 bits per heavy atom. The van der Waals surface area contributed by atoms with Crippen molar-refractivity contribution in [1.29, 1.82) is 0 Å². The van der Waals surface area contributed by atoms with E-state index in [-0.39, 0.29) is 11.8 Å². The predicted octanol–water partition coefficient (Wildman–Crippen LogP) is 0.796. The molecular weight excluding hydrogens is 200 g/mol. The summed E-state index contributed by atoms with van der Waals surface area (Å²) >= 11 is 1.55. The number of nitrogens with zero attached hydrogens (tertiary/aromatic N) is 1. The minimum absolute atomic E-state index is 0.0370. The van der Waals surface area contributed by atoms with Gasteiger partial charge in [-0.1, -0.05) is 0 Å². The average molecular weight is 212 g/mol. The quantitative estimate of drug-likeness (QED) is 0.806. The predicted molar refractivity (Wildman–Crippen MR) is 52.9 cm³/mol. The average Bonchev–Trinajstić information content (AvgIpc) is 2.87. The van der Waals surface area contributed by atoms with Crippen LogP contribution in [0.15, 0.2) is 11.6 Å². The van der Waals surface area contributed by atoms with Crippen LogP contribution in [-0.2, 0) is 16.1 Å². The maximum absolute atomic E-state index is 11.5. The lowest BCUT2D eigenvalue weighted by atomic mass is 10.1. The highest BCUT2D eigenvalue weighted by Crippen LogP contribution is 2.12. The number of amides is 1. The minimum Gasteiger partial charge on any atom is -0.381 e. The molecule has 0 aromatic carbocycles.